The van der Waals surface area contributed by atoms with Crippen LogP contribution in [-0.2, 0) is 11.2 Å². The lowest BCUT2D eigenvalue weighted by Gasteiger charge is -2.26. The molecule has 2 aromatic carbocycles. The molecule has 1 unspecified atom stereocenters. The van der Waals surface area contributed by atoms with Gasteiger partial charge in [-0.2, -0.15) is 0 Å². The molecule has 3 rings (SSSR count). The Hall–Kier alpha value is -2.07. The number of nitrogens with one attached hydrogen (secondary N) is 1. The van der Waals surface area contributed by atoms with E-state index in [-0.39, 0.29) is 22.8 Å². The summed E-state index contributed by atoms with van der Waals surface area (Å²) < 4.78 is 19.4. The van der Waals surface area contributed by atoms with Crippen LogP contribution in [0.15, 0.2) is 42.5 Å². The fourth-order valence-electron chi connectivity index (χ4n) is 2.28. The maximum atomic E-state index is 13.7. The number of hydrogen-bond donors (Lipinski definition) is 1. The fraction of sp³-hybridized carbons (Fsp3) is 0.188. The molecule has 1 aliphatic rings. The largest absolute Gasteiger partial charge is 0.479 e. The molecule has 0 fully saturated rings. The first-order chi connectivity index (χ1) is 10.1. The van der Waals surface area contributed by atoms with Crippen molar-refractivity contribution in [3.05, 3.63) is 58.9 Å². The molecule has 5 heteroatoms. The van der Waals surface area contributed by atoms with E-state index >= 15 is 0 Å². The second-order valence-electron chi connectivity index (χ2n) is 4.83. The second-order valence-corrected chi connectivity index (χ2v) is 5.23. The highest BCUT2D eigenvalue weighted by atomic mass is 35.5. The van der Waals surface area contributed by atoms with Gasteiger partial charge in [-0.25, -0.2) is 4.39 Å². The molecule has 0 saturated carbocycles. The summed E-state index contributed by atoms with van der Waals surface area (Å²) in [6.07, 6.45) is -0.726. The molecule has 0 aromatic heterocycles. The van der Waals surface area contributed by atoms with Crippen LogP contribution < -0.4 is 10.1 Å². The first kappa shape index (κ1) is 13.9. The van der Waals surface area contributed by atoms with Crippen molar-refractivity contribution in [1.29, 1.82) is 0 Å². The summed E-state index contributed by atoms with van der Waals surface area (Å²) in [6.45, 7) is 0.363. The number of hydrogen-bond acceptors (Lipinski definition) is 3. The standard InChI is InChI=1S/C16H13ClFNO2/c17-11-4-3-5-12(18)10(11)8-14(20)16-9-19-13-6-1-2-7-15(13)21-16/h1-7,16,19H,8-9H2. The first-order valence-corrected chi connectivity index (χ1v) is 6.98. The molecule has 1 heterocycles. The predicted molar refractivity (Wildman–Crippen MR) is 79.5 cm³/mol. The highest BCUT2D eigenvalue weighted by Crippen LogP contribution is 2.29. The quantitative estimate of drug-likeness (QED) is 0.943. The zero-order valence-corrected chi connectivity index (χ0v) is 11.9. The van der Waals surface area contributed by atoms with E-state index in [0.29, 0.717) is 12.3 Å². The Balaban J connectivity index is 1.76. The number of ketones is 1. The monoisotopic (exact) mass is 305 g/mol. The Bertz CT molecular complexity index is 669. The fourth-order valence-corrected chi connectivity index (χ4v) is 2.51. The minimum atomic E-state index is -0.643. The number of ether oxygens (including phenoxy) is 1. The van der Waals surface area contributed by atoms with E-state index in [1.54, 1.807) is 12.1 Å². The van der Waals surface area contributed by atoms with Gasteiger partial charge in [-0.05, 0) is 24.3 Å². The number of para-hydroxylation sites is 2. The van der Waals surface area contributed by atoms with Crippen LogP contribution in [0.2, 0.25) is 5.02 Å². The molecule has 2 aromatic rings. The van der Waals surface area contributed by atoms with Crippen molar-refractivity contribution < 1.29 is 13.9 Å². The van der Waals surface area contributed by atoms with E-state index in [1.165, 1.54) is 12.1 Å². The van der Waals surface area contributed by atoms with E-state index in [9.17, 15) is 9.18 Å². The molecule has 1 N–H and O–H groups in total. The molecule has 0 saturated heterocycles. The minimum absolute atomic E-state index is 0.0833. The lowest BCUT2D eigenvalue weighted by atomic mass is 10.0. The van der Waals surface area contributed by atoms with Gasteiger partial charge in [0.15, 0.2) is 11.9 Å². The number of carbonyl (C=O) groups excluding carboxylic acids is 1. The Labute approximate surface area is 126 Å². The summed E-state index contributed by atoms with van der Waals surface area (Å²) in [5.74, 6) is -0.0502. The zero-order valence-electron chi connectivity index (χ0n) is 11.1. The summed E-state index contributed by atoms with van der Waals surface area (Å²) in [5.41, 5.74) is 1.07. The van der Waals surface area contributed by atoms with Gasteiger partial charge in [0.05, 0.1) is 12.2 Å². The van der Waals surface area contributed by atoms with Gasteiger partial charge in [-0.3, -0.25) is 4.79 Å². The van der Waals surface area contributed by atoms with Crippen molar-refractivity contribution >= 4 is 23.1 Å². The van der Waals surface area contributed by atoms with Gasteiger partial charge in [-0.1, -0.05) is 29.8 Å². The molecule has 0 aliphatic carbocycles. The Morgan fingerprint density at radius 3 is 2.90 bits per heavy atom. The van der Waals surface area contributed by atoms with Crippen LogP contribution in [-0.4, -0.2) is 18.4 Å². The molecule has 0 radical (unpaired) electrons. The summed E-state index contributed by atoms with van der Waals surface area (Å²) >= 11 is 5.94. The smallest absolute Gasteiger partial charge is 0.179 e. The number of fused-ring (bicyclic) bond motifs is 1. The molecule has 108 valence electrons. The third-order valence-electron chi connectivity index (χ3n) is 3.41. The molecule has 3 nitrogen and oxygen atoms in total. The summed E-state index contributed by atoms with van der Waals surface area (Å²) in [6, 6.07) is 11.8. The van der Waals surface area contributed by atoms with Crippen LogP contribution in [0.4, 0.5) is 10.1 Å². The molecule has 1 atom stereocenters. The third kappa shape index (κ3) is 2.85. The topological polar surface area (TPSA) is 38.3 Å². The number of halogens is 2. The normalized spacial score (nSPS) is 16.6. The van der Waals surface area contributed by atoms with Crippen molar-refractivity contribution in [3.63, 3.8) is 0 Å². The van der Waals surface area contributed by atoms with Gasteiger partial charge in [0.2, 0.25) is 0 Å². The lowest BCUT2D eigenvalue weighted by molar-refractivity contribution is -0.124. The Morgan fingerprint density at radius 1 is 1.29 bits per heavy atom. The SMILES string of the molecule is O=C(Cc1c(F)cccc1Cl)C1CNc2ccccc2O1. The van der Waals surface area contributed by atoms with Gasteiger partial charge in [0.1, 0.15) is 11.6 Å². The third-order valence-corrected chi connectivity index (χ3v) is 3.76. The first-order valence-electron chi connectivity index (χ1n) is 6.60. The highest BCUT2D eigenvalue weighted by molar-refractivity contribution is 6.31. The van der Waals surface area contributed by atoms with Crippen molar-refractivity contribution in [3.8, 4) is 5.75 Å². The number of anilines is 1. The maximum absolute atomic E-state index is 13.7. The Morgan fingerprint density at radius 2 is 2.10 bits per heavy atom. The van der Waals surface area contributed by atoms with Crippen LogP contribution >= 0.6 is 11.6 Å². The van der Waals surface area contributed by atoms with Crippen molar-refractivity contribution in [1.82, 2.24) is 0 Å². The van der Waals surface area contributed by atoms with Gasteiger partial charge < -0.3 is 10.1 Å². The van der Waals surface area contributed by atoms with Gasteiger partial charge in [0, 0.05) is 17.0 Å². The molecule has 0 amide bonds. The molecule has 21 heavy (non-hydrogen) atoms. The van der Waals surface area contributed by atoms with Crippen molar-refractivity contribution in [2.24, 2.45) is 0 Å². The van der Waals surface area contributed by atoms with Gasteiger partial charge in [-0.15, -0.1) is 0 Å². The number of carbonyl (C=O) groups is 1. The van der Waals surface area contributed by atoms with Crippen LogP contribution in [0.3, 0.4) is 0 Å². The van der Waals surface area contributed by atoms with Gasteiger partial charge in [0.25, 0.3) is 0 Å². The van der Waals surface area contributed by atoms with Crippen LogP contribution in [0.1, 0.15) is 5.56 Å². The van der Waals surface area contributed by atoms with Gasteiger partial charge >= 0.3 is 0 Å². The average molecular weight is 306 g/mol. The molecular weight excluding hydrogens is 293 g/mol. The average Bonchev–Trinajstić information content (AvgIpc) is 2.50. The van der Waals surface area contributed by atoms with E-state index in [4.69, 9.17) is 16.3 Å². The summed E-state index contributed by atoms with van der Waals surface area (Å²) in [4.78, 5) is 12.3. The number of rotatable bonds is 3. The van der Waals surface area contributed by atoms with Crippen LogP contribution in [0.5, 0.6) is 5.75 Å². The predicted octanol–water partition coefficient (Wildman–Crippen LogP) is 3.46. The van der Waals surface area contributed by atoms with Crippen molar-refractivity contribution in [2.45, 2.75) is 12.5 Å². The van der Waals surface area contributed by atoms with Crippen LogP contribution in [0, 0.1) is 5.82 Å². The molecule has 1 aliphatic heterocycles. The Kier molecular flexibility index (Phi) is 3.80. The summed E-state index contributed by atoms with van der Waals surface area (Å²) in [7, 11) is 0. The molecule has 0 bridgehead atoms. The van der Waals surface area contributed by atoms with Crippen molar-refractivity contribution in [2.75, 3.05) is 11.9 Å². The molecular formula is C16H13ClFNO2. The minimum Gasteiger partial charge on any atom is -0.479 e. The highest BCUT2D eigenvalue weighted by Gasteiger charge is 2.26. The number of Topliss-reactive ketones (excluding diaryl/α,β-unsaturated/α-hetero) is 1. The molecule has 0 spiro atoms. The summed E-state index contributed by atoms with van der Waals surface area (Å²) in [5, 5.41) is 3.39. The van der Waals surface area contributed by atoms with E-state index in [2.05, 4.69) is 5.32 Å². The van der Waals surface area contributed by atoms with E-state index < -0.39 is 11.9 Å². The number of benzene rings is 2. The van der Waals surface area contributed by atoms with Crippen LogP contribution in [0.25, 0.3) is 0 Å². The maximum Gasteiger partial charge on any atom is 0.179 e. The second kappa shape index (κ2) is 5.74. The van der Waals surface area contributed by atoms with E-state index in [0.717, 1.165) is 5.69 Å². The zero-order chi connectivity index (χ0) is 14.8. The lowest BCUT2D eigenvalue weighted by Crippen LogP contribution is -2.38. The van der Waals surface area contributed by atoms with E-state index in [1.807, 2.05) is 18.2 Å².